The number of halogens is 2. The van der Waals surface area contributed by atoms with E-state index in [4.69, 9.17) is 16.3 Å². The Balaban J connectivity index is 1.50. The first kappa shape index (κ1) is 18.6. The fraction of sp³-hybridized carbons (Fsp3) is 0.0476. The minimum Gasteiger partial charge on any atom is -0.489 e. The zero-order valence-corrected chi connectivity index (χ0v) is 15.0. The molecule has 3 rings (SSSR count). The Bertz CT molecular complexity index is 924. The Morgan fingerprint density at radius 3 is 2.33 bits per heavy atom. The van der Waals surface area contributed by atoms with E-state index in [1.807, 2.05) is 12.1 Å². The van der Waals surface area contributed by atoms with Crippen molar-refractivity contribution < 1.29 is 13.9 Å². The molecule has 0 aliphatic carbocycles. The Morgan fingerprint density at radius 1 is 1.00 bits per heavy atom. The number of ether oxygens (including phenoxy) is 1. The summed E-state index contributed by atoms with van der Waals surface area (Å²) in [7, 11) is 0. The molecular formula is C21H16ClFN2O2. The molecule has 0 unspecified atom stereocenters. The molecule has 0 aliphatic heterocycles. The molecule has 6 heteroatoms. The maximum absolute atomic E-state index is 12.9. The number of amides is 1. The highest BCUT2D eigenvalue weighted by atomic mass is 35.5. The number of carbonyl (C=O) groups excluding carboxylic acids is 1. The third kappa shape index (κ3) is 5.66. The lowest BCUT2D eigenvalue weighted by atomic mass is 10.2. The van der Waals surface area contributed by atoms with E-state index >= 15 is 0 Å². The highest BCUT2D eigenvalue weighted by Gasteiger charge is 2.03. The molecule has 0 saturated carbocycles. The van der Waals surface area contributed by atoms with E-state index in [1.54, 1.807) is 48.5 Å². The number of hydrazone groups is 1. The van der Waals surface area contributed by atoms with Gasteiger partial charge in [0.05, 0.1) is 6.21 Å². The molecule has 1 N–H and O–H groups in total. The van der Waals surface area contributed by atoms with Crippen molar-refractivity contribution >= 4 is 23.7 Å². The minimum atomic E-state index is -0.317. The SMILES string of the molecule is O=C(N/N=C/c1ccc(OCc2ccc(F)cc2)cc1)c1ccc(Cl)cc1. The molecule has 27 heavy (non-hydrogen) atoms. The Morgan fingerprint density at radius 2 is 1.67 bits per heavy atom. The number of nitrogens with one attached hydrogen (secondary N) is 1. The molecule has 0 radical (unpaired) electrons. The second-order valence-corrected chi connectivity index (χ2v) is 6.13. The van der Waals surface area contributed by atoms with Crippen LogP contribution >= 0.6 is 11.6 Å². The Kier molecular flexibility index (Phi) is 6.18. The molecule has 0 heterocycles. The first-order chi connectivity index (χ1) is 13.1. The number of carbonyl (C=O) groups is 1. The quantitative estimate of drug-likeness (QED) is 0.490. The summed E-state index contributed by atoms with van der Waals surface area (Å²) in [5.41, 5.74) is 4.62. The van der Waals surface area contributed by atoms with Crippen LogP contribution in [0.25, 0.3) is 0 Å². The van der Waals surface area contributed by atoms with E-state index in [2.05, 4.69) is 10.5 Å². The van der Waals surface area contributed by atoms with Crippen LogP contribution in [-0.2, 0) is 6.61 Å². The van der Waals surface area contributed by atoms with E-state index in [1.165, 1.54) is 18.3 Å². The molecule has 0 fully saturated rings. The van der Waals surface area contributed by atoms with Gasteiger partial charge in [0, 0.05) is 10.6 Å². The van der Waals surface area contributed by atoms with Crippen LogP contribution in [0.5, 0.6) is 5.75 Å². The average Bonchev–Trinajstić information content (AvgIpc) is 2.69. The molecule has 3 aromatic rings. The summed E-state index contributed by atoms with van der Waals surface area (Å²) >= 11 is 5.79. The lowest BCUT2D eigenvalue weighted by molar-refractivity contribution is 0.0955. The maximum atomic E-state index is 12.9. The summed E-state index contributed by atoms with van der Waals surface area (Å²) in [5.74, 6) is 0.0920. The first-order valence-electron chi connectivity index (χ1n) is 8.16. The van der Waals surface area contributed by atoms with E-state index < -0.39 is 0 Å². The monoisotopic (exact) mass is 382 g/mol. The fourth-order valence-electron chi connectivity index (χ4n) is 2.23. The smallest absolute Gasteiger partial charge is 0.271 e. The van der Waals surface area contributed by atoms with E-state index in [9.17, 15) is 9.18 Å². The van der Waals surface area contributed by atoms with Crippen LogP contribution in [0.3, 0.4) is 0 Å². The van der Waals surface area contributed by atoms with Crippen LogP contribution < -0.4 is 10.2 Å². The number of nitrogens with zero attached hydrogens (tertiary/aromatic N) is 1. The van der Waals surface area contributed by atoms with Crippen LogP contribution in [0.1, 0.15) is 21.5 Å². The summed E-state index contributed by atoms with van der Waals surface area (Å²) in [4.78, 5) is 11.9. The van der Waals surface area contributed by atoms with Gasteiger partial charge in [0.2, 0.25) is 0 Å². The van der Waals surface area contributed by atoms with Crippen LogP contribution in [0.2, 0.25) is 5.02 Å². The highest BCUT2D eigenvalue weighted by Crippen LogP contribution is 2.14. The van der Waals surface area contributed by atoms with Crippen molar-refractivity contribution in [3.8, 4) is 5.75 Å². The van der Waals surface area contributed by atoms with Gasteiger partial charge < -0.3 is 4.74 Å². The first-order valence-corrected chi connectivity index (χ1v) is 8.54. The van der Waals surface area contributed by atoms with Gasteiger partial charge in [0.15, 0.2) is 0 Å². The second kappa shape index (κ2) is 8.96. The molecule has 0 atom stereocenters. The van der Waals surface area contributed by atoms with Crippen LogP contribution in [0.15, 0.2) is 77.9 Å². The van der Waals surface area contributed by atoms with Gasteiger partial charge in [0.1, 0.15) is 18.2 Å². The largest absolute Gasteiger partial charge is 0.489 e. The lowest BCUT2D eigenvalue weighted by Crippen LogP contribution is -2.17. The van der Waals surface area contributed by atoms with Crippen molar-refractivity contribution in [2.45, 2.75) is 6.61 Å². The molecule has 1 amide bonds. The molecule has 0 bridgehead atoms. The van der Waals surface area contributed by atoms with Gasteiger partial charge in [-0.1, -0.05) is 23.7 Å². The average molecular weight is 383 g/mol. The van der Waals surface area contributed by atoms with Gasteiger partial charge in [-0.15, -0.1) is 0 Å². The zero-order valence-electron chi connectivity index (χ0n) is 14.2. The van der Waals surface area contributed by atoms with Crippen LogP contribution in [0, 0.1) is 5.82 Å². The van der Waals surface area contributed by atoms with Crippen molar-refractivity contribution in [3.05, 3.63) is 100 Å². The molecule has 0 aliphatic rings. The van der Waals surface area contributed by atoms with Crippen molar-refractivity contribution in [2.24, 2.45) is 5.10 Å². The standard InChI is InChI=1S/C21H16ClFN2O2/c22-18-7-5-17(6-8-18)21(26)25-24-13-15-3-11-20(12-4-15)27-14-16-1-9-19(23)10-2-16/h1-13H,14H2,(H,25,26)/b24-13+. The third-order valence-corrected chi connectivity index (χ3v) is 3.94. The molecule has 4 nitrogen and oxygen atoms in total. The van der Waals surface area contributed by atoms with E-state index in [0.29, 0.717) is 22.9 Å². The van der Waals surface area contributed by atoms with Gasteiger partial charge in [-0.2, -0.15) is 5.10 Å². The van der Waals surface area contributed by atoms with Gasteiger partial charge in [-0.3, -0.25) is 4.79 Å². The number of rotatable bonds is 6. The third-order valence-electron chi connectivity index (χ3n) is 3.68. The number of hydrogen-bond donors (Lipinski definition) is 1. The predicted molar refractivity (Wildman–Crippen MR) is 104 cm³/mol. The van der Waals surface area contributed by atoms with Crippen molar-refractivity contribution in [1.29, 1.82) is 0 Å². The summed E-state index contributed by atoms with van der Waals surface area (Å²) in [6, 6.07) is 19.9. The Hall–Kier alpha value is -3.18. The molecule has 0 aromatic heterocycles. The van der Waals surface area contributed by atoms with E-state index in [-0.39, 0.29) is 11.7 Å². The number of hydrogen-bond acceptors (Lipinski definition) is 3. The normalized spacial score (nSPS) is 10.7. The Labute approximate surface area is 161 Å². The minimum absolute atomic E-state index is 0.273. The zero-order chi connectivity index (χ0) is 19.1. The molecule has 136 valence electrons. The number of benzene rings is 3. The van der Waals surface area contributed by atoms with Crippen molar-refractivity contribution in [3.63, 3.8) is 0 Å². The van der Waals surface area contributed by atoms with Gasteiger partial charge in [-0.25, -0.2) is 9.82 Å². The van der Waals surface area contributed by atoms with Crippen molar-refractivity contribution in [2.75, 3.05) is 0 Å². The van der Waals surface area contributed by atoms with Crippen molar-refractivity contribution in [1.82, 2.24) is 5.43 Å². The highest BCUT2D eigenvalue weighted by molar-refractivity contribution is 6.30. The maximum Gasteiger partial charge on any atom is 0.271 e. The molecule has 3 aromatic carbocycles. The topological polar surface area (TPSA) is 50.7 Å². The summed E-state index contributed by atoms with van der Waals surface area (Å²) in [6.07, 6.45) is 1.54. The molecule has 0 saturated heterocycles. The lowest BCUT2D eigenvalue weighted by Gasteiger charge is -2.06. The van der Waals surface area contributed by atoms with Gasteiger partial charge in [-0.05, 0) is 71.8 Å². The molecular weight excluding hydrogens is 367 g/mol. The summed E-state index contributed by atoms with van der Waals surface area (Å²) < 4.78 is 18.5. The van der Waals surface area contributed by atoms with Gasteiger partial charge >= 0.3 is 0 Å². The predicted octanol–water partition coefficient (Wildman–Crippen LogP) is 4.82. The summed E-state index contributed by atoms with van der Waals surface area (Å²) in [6.45, 7) is 0.352. The molecule has 0 spiro atoms. The van der Waals surface area contributed by atoms with E-state index in [0.717, 1.165) is 11.1 Å². The van der Waals surface area contributed by atoms with Crippen LogP contribution in [-0.4, -0.2) is 12.1 Å². The summed E-state index contributed by atoms with van der Waals surface area (Å²) in [5, 5.41) is 4.50. The second-order valence-electron chi connectivity index (χ2n) is 5.69. The fourth-order valence-corrected chi connectivity index (χ4v) is 2.35. The van der Waals surface area contributed by atoms with Gasteiger partial charge in [0.25, 0.3) is 5.91 Å². The van der Waals surface area contributed by atoms with Crippen LogP contribution in [0.4, 0.5) is 4.39 Å².